The minimum atomic E-state index is -1.02. The van der Waals surface area contributed by atoms with Crippen LogP contribution >= 0.6 is 11.3 Å². The SMILES string of the molecule is CCCOc1ccccc1C1CC(=O)Nc2c1sc(C(=O)O)c2-c1ccc(OC)cc1. The summed E-state index contributed by atoms with van der Waals surface area (Å²) < 4.78 is 11.1. The summed E-state index contributed by atoms with van der Waals surface area (Å²) in [6.07, 6.45) is 1.11. The van der Waals surface area contributed by atoms with Gasteiger partial charge >= 0.3 is 5.97 Å². The van der Waals surface area contributed by atoms with Gasteiger partial charge in [0.1, 0.15) is 16.4 Å². The summed E-state index contributed by atoms with van der Waals surface area (Å²) in [5.41, 5.74) is 2.71. The van der Waals surface area contributed by atoms with Gasteiger partial charge in [-0.05, 0) is 30.2 Å². The van der Waals surface area contributed by atoms with E-state index in [1.807, 2.05) is 43.3 Å². The third-order valence-electron chi connectivity index (χ3n) is 5.23. The molecule has 0 saturated heterocycles. The lowest BCUT2D eigenvalue weighted by molar-refractivity contribution is -0.116. The molecule has 6 nitrogen and oxygen atoms in total. The maximum absolute atomic E-state index is 12.7. The molecule has 0 aliphatic carbocycles. The van der Waals surface area contributed by atoms with Gasteiger partial charge in [0.2, 0.25) is 5.91 Å². The monoisotopic (exact) mass is 437 g/mol. The van der Waals surface area contributed by atoms with Crippen molar-refractivity contribution in [3.8, 4) is 22.6 Å². The molecular weight excluding hydrogens is 414 g/mol. The van der Waals surface area contributed by atoms with Gasteiger partial charge in [-0.3, -0.25) is 4.79 Å². The first-order valence-electron chi connectivity index (χ1n) is 10.1. The van der Waals surface area contributed by atoms with Crippen LogP contribution in [-0.2, 0) is 4.79 Å². The van der Waals surface area contributed by atoms with Crippen LogP contribution in [0.3, 0.4) is 0 Å². The molecule has 2 aromatic carbocycles. The van der Waals surface area contributed by atoms with Crippen LogP contribution in [0.15, 0.2) is 48.5 Å². The summed E-state index contributed by atoms with van der Waals surface area (Å²) in [6.45, 7) is 2.61. The van der Waals surface area contributed by atoms with E-state index in [4.69, 9.17) is 9.47 Å². The Morgan fingerprint density at radius 2 is 1.94 bits per heavy atom. The highest BCUT2D eigenvalue weighted by Gasteiger charge is 2.35. The number of carbonyl (C=O) groups is 2. The van der Waals surface area contributed by atoms with E-state index in [1.54, 1.807) is 19.2 Å². The molecule has 1 aliphatic rings. The number of methoxy groups -OCH3 is 1. The van der Waals surface area contributed by atoms with Crippen molar-refractivity contribution in [3.63, 3.8) is 0 Å². The standard InChI is InChI=1S/C24H23NO5S/c1-3-12-30-18-7-5-4-6-16(18)17-13-19(26)25-21-20(23(24(27)28)31-22(17)21)14-8-10-15(29-2)11-9-14/h4-11,17H,3,12-13H2,1-2H3,(H,25,26)(H,27,28). The number of carboxylic acids is 1. The van der Waals surface area contributed by atoms with Gasteiger partial charge in [-0.1, -0.05) is 37.3 Å². The smallest absolute Gasteiger partial charge is 0.346 e. The summed E-state index contributed by atoms with van der Waals surface area (Å²) in [5.74, 6) is -0.0344. The van der Waals surface area contributed by atoms with E-state index in [1.165, 1.54) is 11.3 Å². The minimum absolute atomic E-state index is 0.146. The molecule has 0 saturated carbocycles. The Bertz CT molecular complexity index is 1120. The zero-order valence-electron chi connectivity index (χ0n) is 17.3. The molecule has 0 spiro atoms. The van der Waals surface area contributed by atoms with Gasteiger partial charge in [-0.15, -0.1) is 11.3 Å². The molecule has 0 bridgehead atoms. The topological polar surface area (TPSA) is 84.9 Å². The number of ether oxygens (including phenoxy) is 2. The lowest BCUT2D eigenvalue weighted by Crippen LogP contribution is -2.23. The van der Waals surface area contributed by atoms with E-state index in [9.17, 15) is 14.7 Å². The number of hydrogen-bond acceptors (Lipinski definition) is 5. The molecule has 2 N–H and O–H groups in total. The van der Waals surface area contributed by atoms with Crippen LogP contribution in [0.25, 0.3) is 11.1 Å². The number of fused-ring (bicyclic) bond motifs is 1. The molecule has 7 heteroatoms. The van der Waals surface area contributed by atoms with Crippen molar-refractivity contribution in [1.82, 2.24) is 0 Å². The predicted molar refractivity (Wildman–Crippen MR) is 121 cm³/mol. The quantitative estimate of drug-likeness (QED) is 0.518. The summed E-state index contributed by atoms with van der Waals surface area (Å²) in [5, 5.41) is 12.8. The first kappa shape index (κ1) is 20.9. The number of hydrogen-bond donors (Lipinski definition) is 2. The fourth-order valence-corrected chi connectivity index (χ4v) is 5.07. The first-order valence-corrected chi connectivity index (χ1v) is 10.9. The Kier molecular flexibility index (Phi) is 5.95. The number of amides is 1. The van der Waals surface area contributed by atoms with Gasteiger partial charge in [-0.25, -0.2) is 4.79 Å². The molecule has 31 heavy (non-hydrogen) atoms. The fourth-order valence-electron chi connectivity index (χ4n) is 3.83. The second-order valence-corrected chi connectivity index (χ2v) is 8.32. The highest BCUT2D eigenvalue weighted by Crippen LogP contribution is 2.50. The third kappa shape index (κ3) is 4.01. The molecule has 0 radical (unpaired) electrons. The summed E-state index contributed by atoms with van der Waals surface area (Å²) >= 11 is 1.21. The van der Waals surface area contributed by atoms with E-state index < -0.39 is 5.97 Å². The Morgan fingerprint density at radius 3 is 2.61 bits per heavy atom. The van der Waals surface area contributed by atoms with Crippen LogP contribution in [-0.4, -0.2) is 30.7 Å². The number of thiophene rings is 1. The highest BCUT2D eigenvalue weighted by atomic mass is 32.1. The number of anilines is 1. The van der Waals surface area contributed by atoms with E-state index in [-0.39, 0.29) is 23.1 Å². The number of nitrogens with one attached hydrogen (secondary N) is 1. The first-order chi connectivity index (χ1) is 15.0. The Morgan fingerprint density at radius 1 is 1.19 bits per heavy atom. The fraction of sp³-hybridized carbons (Fsp3) is 0.250. The maximum Gasteiger partial charge on any atom is 0.346 e. The summed E-state index contributed by atoms with van der Waals surface area (Å²) in [6, 6.07) is 14.8. The molecule has 2 heterocycles. The number of para-hydroxylation sites is 1. The van der Waals surface area contributed by atoms with E-state index >= 15 is 0 Å². The second kappa shape index (κ2) is 8.81. The zero-order chi connectivity index (χ0) is 22.0. The molecule has 1 aromatic heterocycles. The van der Waals surface area contributed by atoms with E-state index in [0.717, 1.165) is 22.6 Å². The van der Waals surface area contributed by atoms with Crippen molar-refractivity contribution in [2.45, 2.75) is 25.7 Å². The third-order valence-corrected chi connectivity index (χ3v) is 6.53. The van der Waals surface area contributed by atoms with Crippen LogP contribution in [0.1, 0.15) is 45.8 Å². The van der Waals surface area contributed by atoms with Gasteiger partial charge in [-0.2, -0.15) is 0 Å². The Labute approximate surface area is 184 Å². The molecule has 1 unspecified atom stereocenters. The zero-order valence-corrected chi connectivity index (χ0v) is 18.1. The highest BCUT2D eigenvalue weighted by molar-refractivity contribution is 7.15. The average Bonchev–Trinajstić information content (AvgIpc) is 3.17. The normalized spacial score (nSPS) is 15.2. The number of aromatic carboxylic acids is 1. The van der Waals surface area contributed by atoms with Gasteiger partial charge in [0.15, 0.2) is 0 Å². The van der Waals surface area contributed by atoms with Crippen molar-refractivity contribution < 1.29 is 24.2 Å². The van der Waals surface area contributed by atoms with Crippen molar-refractivity contribution in [3.05, 3.63) is 63.8 Å². The summed E-state index contributed by atoms with van der Waals surface area (Å²) in [4.78, 5) is 25.8. The predicted octanol–water partition coefficient (Wildman–Crippen LogP) is 5.38. The lowest BCUT2D eigenvalue weighted by Gasteiger charge is -2.25. The Balaban J connectivity index is 1.87. The molecular formula is C24H23NO5S. The molecule has 4 rings (SSSR count). The average molecular weight is 438 g/mol. The van der Waals surface area contributed by atoms with Crippen LogP contribution in [0.5, 0.6) is 11.5 Å². The number of benzene rings is 2. The second-order valence-electron chi connectivity index (χ2n) is 7.27. The van der Waals surface area contributed by atoms with Crippen LogP contribution in [0, 0.1) is 0 Å². The van der Waals surface area contributed by atoms with Crippen molar-refractivity contribution in [2.24, 2.45) is 0 Å². The van der Waals surface area contributed by atoms with Crippen LogP contribution in [0.4, 0.5) is 5.69 Å². The van der Waals surface area contributed by atoms with Crippen LogP contribution in [0.2, 0.25) is 0 Å². The lowest BCUT2D eigenvalue weighted by atomic mass is 9.88. The van der Waals surface area contributed by atoms with Gasteiger partial charge in [0.05, 0.1) is 19.4 Å². The number of carbonyl (C=O) groups excluding carboxylic acids is 1. The number of carboxylic acid groups (broad SMARTS) is 1. The molecule has 1 aliphatic heterocycles. The van der Waals surface area contributed by atoms with Gasteiger partial charge in [0, 0.05) is 28.3 Å². The number of rotatable bonds is 7. The van der Waals surface area contributed by atoms with Gasteiger partial charge in [0.25, 0.3) is 0 Å². The molecule has 160 valence electrons. The van der Waals surface area contributed by atoms with Crippen molar-refractivity contribution in [1.29, 1.82) is 0 Å². The van der Waals surface area contributed by atoms with Crippen molar-refractivity contribution in [2.75, 3.05) is 19.0 Å². The molecule has 1 amide bonds. The maximum atomic E-state index is 12.7. The molecule has 3 aromatic rings. The van der Waals surface area contributed by atoms with Crippen LogP contribution < -0.4 is 14.8 Å². The molecule has 1 atom stereocenters. The molecule has 0 fully saturated rings. The largest absolute Gasteiger partial charge is 0.497 e. The van der Waals surface area contributed by atoms with Crippen molar-refractivity contribution >= 4 is 28.9 Å². The van der Waals surface area contributed by atoms with E-state index in [0.29, 0.717) is 29.2 Å². The van der Waals surface area contributed by atoms with Gasteiger partial charge < -0.3 is 19.9 Å². The summed E-state index contributed by atoms with van der Waals surface area (Å²) in [7, 11) is 1.58. The Hall–Kier alpha value is -3.32. The van der Waals surface area contributed by atoms with E-state index in [2.05, 4.69) is 5.32 Å². The minimum Gasteiger partial charge on any atom is -0.497 e.